The number of pyridine rings is 1. The summed E-state index contributed by atoms with van der Waals surface area (Å²) in [4.78, 5) is 18.5. The van der Waals surface area contributed by atoms with Crippen LogP contribution < -0.4 is 4.74 Å². The lowest BCUT2D eigenvalue weighted by Gasteiger charge is -2.26. The summed E-state index contributed by atoms with van der Waals surface area (Å²) in [6.07, 6.45) is -1.69. The monoisotopic (exact) mass is 439 g/mol. The van der Waals surface area contributed by atoms with Gasteiger partial charge in [-0.15, -0.1) is 13.2 Å². The molecule has 0 saturated carbocycles. The Morgan fingerprint density at radius 2 is 1.70 bits per heavy atom. The molecule has 1 aliphatic rings. The second kappa shape index (κ2) is 7.31. The minimum absolute atomic E-state index is 0.0618. The maximum Gasteiger partial charge on any atom is 0.573 e. The number of aromatic nitrogens is 2. The van der Waals surface area contributed by atoms with Crippen LogP contribution in [0, 0.1) is 0 Å². The molecule has 0 radical (unpaired) electrons. The first kappa shape index (κ1) is 20.2. The van der Waals surface area contributed by atoms with Crippen LogP contribution in [0.4, 0.5) is 13.2 Å². The van der Waals surface area contributed by atoms with Crippen LogP contribution in [0.1, 0.15) is 10.5 Å². The first-order valence-electron chi connectivity index (χ1n) is 8.94. The molecule has 4 rings (SSSR count). The Morgan fingerprint density at radius 1 is 1.03 bits per heavy atom. The van der Waals surface area contributed by atoms with Gasteiger partial charge in [0.2, 0.25) is 0 Å². The molecule has 0 aliphatic carbocycles. The van der Waals surface area contributed by atoms with Crippen LogP contribution in [0.5, 0.6) is 5.75 Å². The molecule has 2 aromatic heterocycles. The second-order valence-corrected chi connectivity index (χ2v) is 9.11. The molecular formula is C19H16F3N3O4S. The highest BCUT2D eigenvalue weighted by molar-refractivity contribution is 7.91. The van der Waals surface area contributed by atoms with E-state index in [2.05, 4.69) is 9.72 Å². The fourth-order valence-corrected chi connectivity index (χ4v) is 4.45. The Bertz CT molecular complexity index is 1190. The van der Waals surface area contributed by atoms with Crippen LogP contribution >= 0.6 is 0 Å². The number of fused-ring (bicyclic) bond motifs is 1. The molecule has 11 heteroatoms. The van der Waals surface area contributed by atoms with E-state index >= 15 is 0 Å². The number of amides is 1. The van der Waals surface area contributed by atoms with E-state index in [0.717, 1.165) is 0 Å². The predicted molar refractivity (Wildman–Crippen MR) is 102 cm³/mol. The Balaban J connectivity index is 1.56. The van der Waals surface area contributed by atoms with Crippen molar-refractivity contribution in [3.8, 4) is 16.9 Å². The molecule has 0 N–H and O–H groups in total. The molecule has 1 aliphatic heterocycles. The van der Waals surface area contributed by atoms with Gasteiger partial charge in [0.25, 0.3) is 5.91 Å². The maximum absolute atomic E-state index is 12.8. The lowest BCUT2D eigenvalue weighted by atomic mass is 10.1. The summed E-state index contributed by atoms with van der Waals surface area (Å²) >= 11 is 0. The summed E-state index contributed by atoms with van der Waals surface area (Å²) in [5.41, 5.74) is 2.15. The van der Waals surface area contributed by atoms with E-state index in [9.17, 15) is 26.4 Å². The maximum atomic E-state index is 12.8. The van der Waals surface area contributed by atoms with Gasteiger partial charge in [-0.05, 0) is 35.4 Å². The minimum atomic E-state index is -4.75. The van der Waals surface area contributed by atoms with Gasteiger partial charge in [-0.2, -0.15) is 0 Å². The number of halogens is 3. The zero-order chi connectivity index (χ0) is 21.5. The molecule has 0 spiro atoms. The summed E-state index contributed by atoms with van der Waals surface area (Å²) in [7, 11) is -3.10. The van der Waals surface area contributed by atoms with Crippen LogP contribution in [0.3, 0.4) is 0 Å². The van der Waals surface area contributed by atoms with E-state index in [1.807, 2.05) is 0 Å². The molecule has 3 heterocycles. The molecule has 0 bridgehead atoms. The lowest BCUT2D eigenvalue weighted by molar-refractivity contribution is -0.274. The highest BCUT2D eigenvalue weighted by Gasteiger charge is 2.31. The zero-order valence-corrected chi connectivity index (χ0v) is 16.3. The van der Waals surface area contributed by atoms with E-state index in [0.29, 0.717) is 22.5 Å². The van der Waals surface area contributed by atoms with Gasteiger partial charge in [-0.3, -0.25) is 9.20 Å². The Kier molecular flexibility index (Phi) is 4.92. The molecule has 0 unspecified atom stereocenters. The highest BCUT2D eigenvalue weighted by Crippen LogP contribution is 2.27. The number of rotatable bonds is 3. The van der Waals surface area contributed by atoms with Gasteiger partial charge in [0.15, 0.2) is 9.84 Å². The third-order valence-corrected chi connectivity index (χ3v) is 6.39. The molecule has 0 atom stereocenters. The van der Waals surface area contributed by atoms with Gasteiger partial charge >= 0.3 is 6.36 Å². The first-order chi connectivity index (χ1) is 14.1. The van der Waals surface area contributed by atoms with Crippen LogP contribution in [0.15, 0.2) is 48.8 Å². The van der Waals surface area contributed by atoms with Crippen molar-refractivity contribution in [1.29, 1.82) is 0 Å². The van der Waals surface area contributed by atoms with Gasteiger partial charge in [-0.25, -0.2) is 13.4 Å². The normalized spacial score (nSPS) is 16.6. The third kappa shape index (κ3) is 4.25. The molecule has 1 saturated heterocycles. The first-order valence-corrected chi connectivity index (χ1v) is 10.8. The lowest BCUT2D eigenvalue weighted by Crippen LogP contribution is -2.44. The molecule has 7 nitrogen and oxygen atoms in total. The number of alkyl halides is 3. The average Bonchev–Trinajstić information content (AvgIpc) is 3.10. The van der Waals surface area contributed by atoms with Crippen LogP contribution in [-0.2, 0) is 9.84 Å². The van der Waals surface area contributed by atoms with Gasteiger partial charge in [0.05, 0.1) is 17.7 Å². The van der Waals surface area contributed by atoms with Crippen LogP contribution in [0.2, 0.25) is 0 Å². The second-order valence-electron chi connectivity index (χ2n) is 6.80. The van der Waals surface area contributed by atoms with Gasteiger partial charge in [0, 0.05) is 19.3 Å². The SMILES string of the molecule is O=C(c1cnc2cc(-c3ccc(OC(F)(F)F)cc3)ccn12)N1CCS(=O)(=O)CC1. The van der Waals surface area contributed by atoms with E-state index in [1.165, 1.54) is 35.4 Å². The number of carbonyl (C=O) groups excluding carboxylic acids is 1. The van der Waals surface area contributed by atoms with Crippen molar-refractivity contribution >= 4 is 21.4 Å². The standard InChI is InChI=1S/C19H16F3N3O4S/c20-19(21,22)29-15-3-1-13(2-4-15)14-5-6-25-16(12-23-17(25)11-14)18(26)24-7-9-30(27,28)10-8-24/h1-6,11-12H,7-10H2. The van der Waals surface area contributed by atoms with Gasteiger partial charge in [-0.1, -0.05) is 12.1 Å². The molecule has 1 aromatic carbocycles. The van der Waals surface area contributed by atoms with Gasteiger partial charge in [0.1, 0.15) is 17.1 Å². The number of sulfone groups is 1. The largest absolute Gasteiger partial charge is 0.573 e. The summed E-state index contributed by atoms with van der Waals surface area (Å²) in [5, 5.41) is 0. The van der Waals surface area contributed by atoms with E-state index < -0.39 is 16.2 Å². The molecule has 158 valence electrons. The van der Waals surface area contributed by atoms with Crippen molar-refractivity contribution in [1.82, 2.24) is 14.3 Å². The third-order valence-electron chi connectivity index (χ3n) is 4.79. The number of hydrogen-bond acceptors (Lipinski definition) is 5. The zero-order valence-electron chi connectivity index (χ0n) is 15.5. The molecule has 30 heavy (non-hydrogen) atoms. The quantitative estimate of drug-likeness (QED) is 0.627. The molecule has 1 amide bonds. The van der Waals surface area contributed by atoms with Crippen molar-refractivity contribution < 1.29 is 31.1 Å². The smallest absolute Gasteiger partial charge is 0.406 e. The fourth-order valence-electron chi connectivity index (χ4n) is 3.24. The average molecular weight is 439 g/mol. The molecular weight excluding hydrogens is 423 g/mol. The number of benzene rings is 1. The topological polar surface area (TPSA) is 81.0 Å². The van der Waals surface area contributed by atoms with Crippen molar-refractivity contribution in [2.24, 2.45) is 0 Å². The summed E-state index contributed by atoms with van der Waals surface area (Å²) in [6, 6.07) is 8.85. The van der Waals surface area contributed by atoms with Crippen molar-refractivity contribution in [3.63, 3.8) is 0 Å². The number of ether oxygens (including phenoxy) is 1. The Hall–Kier alpha value is -3.08. The summed E-state index contributed by atoms with van der Waals surface area (Å²) in [6.45, 7) is 0.275. The van der Waals surface area contributed by atoms with E-state index in [4.69, 9.17) is 0 Å². The summed E-state index contributed by atoms with van der Waals surface area (Å²) in [5.74, 6) is -0.746. The predicted octanol–water partition coefficient (Wildman–Crippen LogP) is 2.77. The number of carbonyl (C=O) groups is 1. The number of nitrogens with zero attached hydrogens (tertiary/aromatic N) is 3. The Labute approximate surface area is 169 Å². The van der Waals surface area contributed by atoms with Crippen molar-refractivity contribution in [2.45, 2.75) is 6.36 Å². The number of imidazole rings is 1. The van der Waals surface area contributed by atoms with E-state index in [1.54, 1.807) is 22.7 Å². The van der Waals surface area contributed by atoms with Gasteiger partial charge < -0.3 is 9.64 Å². The van der Waals surface area contributed by atoms with Crippen LogP contribution in [-0.4, -0.2) is 59.6 Å². The van der Waals surface area contributed by atoms with Crippen molar-refractivity contribution in [3.05, 3.63) is 54.5 Å². The summed E-state index contributed by atoms with van der Waals surface area (Å²) < 4.78 is 65.4. The Morgan fingerprint density at radius 3 is 2.33 bits per heavy atom. The van der Waals surface area contributed by atoms with E-state index in [-0.39, 0.29) is 36.3 Å². The minimum Gasteiger partial charge on any atom is -0.406 e. The van der Waals surface area contributed by atoms with Crippen molar-refractivity contribution in [2.75, 3.05) is 24.6 Å². The van der Waals surface area contributed by atoms with Crippen LogP contribution in [0.25, 0.3) is 16.8 Å². The number of hydrogen-bond donors (Lipinski definition) is 0. The molecule has 3 aromatic rings. The molecule has 1 fully saturated rings. The highest BCUT2D eigenvalue weighted by atomic mass is 32.2. The fraction of sp³-hybridized carbons (Fsp3) is 0.263.